The van der Waals surface area contributed by atoms with E-state index < -0.39 is 0 Å². The van der Waals surface area contributed by atoms with Crippen molar-refractivity contribution in [3.63, 3.8) is 0 Å². The lowest BCUT2D eigenvalue weighted by Crippen LogP contribution is -2.49. The molecule has 168 valence electrons. The highest BCUT2D eigenvalue weighted by Gasteiger charge is 2.25. The maximum atomic E-state index is 12.7. The molecule has 2 aliphatic rings. The van der Waals surface area contributed by atoms with E-state index in [0.717, 1.165) is 65.4 Å². The van der Waals surface area contributed by atoms with Crippen LogP contribution in [0.3, 0.4) is 0 Å². The highest BCUT2D eigenvalue weighted by molar-refractivity contribution is 7.80. The van der Waals surface area contributed by atoms with E-state index in [9.17, 15) is 4.79 Å². The topological polar surface area (TPSA) is 48.1 Å². The molecule has 2 fully saturated rings. The van der Waals surface area contributed by atoms with Gasteiger partial charge in [0.25, 0.3) is 0 Å². The molecule has 0 spiro atoms. The first-order valence-corrected chi connectivity index (χ1v) is 12.4. The Kier molecular flexibility index (Phi) is 9.36. The molecule has 0 bridgehead atoms. The Balaban J connectivity index is 1.48. The number of ether oxygens (including phenoxy) is 1. The van der Waals surface area contributed by atoms with E-state index in [4.69, 9.17) is 17.0 Å². The second-order valence-corrected chi connectivity index (χ2v) is 10.1. The van der Waals surface area contributed by atoms with Gasteiger partial charge in [0.1, 0.15) is 0 Å². The van der Waals surface area contributed by atoms with Crippen LogP contribution < -0.4 is 5.32 Å². The molecule has 2 saturated heterocycles. The second kappa shape index (κ2) is 12.0. The molecule has 0 aromatic carbocycles. The van der Waals surface area contributed by atoms with Crippen LogP contribution in [0, 0.1) is 11.8 Å². The predicted octanol–water partition coefficient (Wildman–Crippen LogP) is 2.65. The summed E-state index contributed by atoms with van der Waals surface area (Å²) in [5.41, 5.74) is 0. The zero-order valence-corrected chi connectivity index (χ0v) is 20.0. The number of nitrogens with zero attached hydrogens (tertiary/aromatic N) is 3. The van der Waals surface area contributed by atoms with Gasteiger partial charge in [-0.25, -0.2) is 0 Å². The number of nitrogens with one attached hydrogen (secondary N) is 1. The molecule has 30 heavy (non-hydrogen) atoms. The Morgan fingerprint density at radius 2 is 2.03 bits per heavy atom. The fourth-order valence-electron chi connectivity index (χ4n) is 4.39. The van der Waals surface area contributed by atoms with Gasteiger partial charge < -0.3 is 19.9 Å². The second-order valence-electron chi connectivity index (χ2n) is 8.71. The normalized spacial score (nSPS) is 22.7. The van der Waals surface area contributed by atoms with Gasteiger partial charge >= 0.3 is 0 Å². The quantitative estimate of drug-likeness (QED) is 0.612. The molecule has 2 atom stereocenters. The molecule has 1 amide bonds. The van der Waals surface area contributed by atoms with E-state index in [-0.39, 0.29) is 12.5 Å². The third-order valence-corrected chi connectivity index (χ3v) is 7.10. The molecule has 0 aliphatic carbocycles. The smallest absolute Gasteiger partial charge is 0.241 e. The highest BCUT2D eigenvalue weighted by atomic mass is 32.1. The standard InChI is InChI=1S/C22H36N4O2S2/c1-18-13-19(2)16-26(15-18)21(27)14-23-22(29)25(17-20-5-3-12-30-20)7-4-6-24-8-10-28-11-9-24/h3,5,12,18-19H,4,6-11,13-17H2,1-2H3,(H,23,29)/t18-,19-/m1/s1. The third-order valence-electron chi connectivity index (χ3n) is 5.83. The summed E-state index contributed by atoms with van der Waals surface area (Å²) in [5, 5.41) is 6.02. The number of rotatable bonds is 8. The van der Waals surface area contributed by atoms with Gasteiger partial charge in [0, 0.05) is 44.1 Å². The zero-order valence-electron chi connectivity index (χ0n) is 18.3. The van der Waals surface area contributed by atoms with Crippen molar-refractivity contribution in [2.75, 3.05) is 59.0 Å². The largest absolute Gasteiger partial charge is 0.379 e. The molecule has 0 unspecified atom stereocenters. The predicted molar refractivity (Wildman–Crippen MR) is 127 cm³/mol. The van der Waals surface area contributed by atoms with E-state index in [1.54, 1.807) is 11.3 Å². The fourth-order valence-corrected chi connectivity index (χ4v) is 5.34. The molecule has 1 aromatic rings. The molecular formula is C22H36N4O2S2. The Bertz CT molecular complexity index is 654. The van der Waals surface area contributed by atoms with Crippen molar-refractivity contribution in [2.24, 2.45) is 11.8 Å². The number of amides is 1. The number of morpholine rings is 1. The van der Waals surface area contributed by atoms with Crippen LogP contribution in [0.15, 0.2) is 17.5 Å². The Morgan fingerprint density at radius 3 is 2.70 bits per heavy atom. The van der Waals surface area contributed by atoms with Crippen LogP contribution in [-0.4, -0.2) is 84.7 Å². The average Bonchev–Trinajstić information content (AvgIpc) is 3.24. The number of hydrogen-bond acceptors (Lipinski definition) is 5. The number of carbonyl (C=O) groups is 1. The first-order chi connectivity index (χ1) is 14.5. The molecule has 0 radical (unpaired) electrons. The molecule has 1 aromatic heterocycles. The molecule has 1 N–H and O–H groups in total. The lowest BCUT2D eigenvalue weighted by molar-refractivity contribution is -0.132. The summed E-state index contributed by atoms with van der Waals surface area (Å²) in [6.45, 7) is 12.8. The van der Waals surface area contributed by atoms with Gasteiger partial charge in [-0.2, -0.15) is 0 Å². The Labute approximate surface area is 190 Å². The van der Waals surface area contributed by atoms with E-state index in [2.05, 4.69) is 46.5 Å². The fraction of sp³-hybridized carbons (Fsp3) is 0.727. The van der Waals surface area contributed by atoms with Crippen molar-refractivity contribution in [1.82, 2.24) is 20.0 Å². The van der Waals surface area contributed by atoms with Crippen LogP contribution in [0.25, 0.3) is 0 Å². The highest BCUT2D eigenvalue weighted by Crippen LogP contribution is 2.20. The maximum absolute atomic E-state index is 12.7. The zero-order chi connectivity index (χ0) is 21.3. The van der Waals surface area contributed by atoms with Gasteiger partial charge in [-0.1, -0.05) is 19.9 Å². The Hall–Kier alpha value is -1.22. The van der Waals surface area contributed by atoms with Crippen LogP contribution >= 0.6 is 23.6 Å². The van der Waals surface area contributed by atoms with Gasteiger partial charge in [0.2, 0.25) is 5.91 Å². The number of carbonyl (C=O) groups excluding carboxylic acids is 1. The lowest BCUT2D eigenvalue weighted by Gasteiger charge is -2.35. The average molecular weight is 453 g/mol. The number of thiocarbonyl (C=S) groups is 1. The van der Waals surface area contributed by atoms with Crippen molar-refractivity contribution < 1.29 is 9.53 Å². The SMILES string of the molecule is C[C@@H]1C[C@@H](C)CN(C(=O)CNC(=S)N(CCCN2CCOCC2)Cc2cccs2)C1. The number of likely N-dealkylation sites (tertiary alicyclic amines) is 1. The van der Waals surface area contributed by atoms with Gasteiger partial charge in [0.15, 0.2) is 5.11 Å². The molecule has 3 heterocycles. The summed E-state index contributed by atoms with van der Waals surface area (Å²) in [4.78, 5) is 20.7. The molecule has 6 nitrogen and oxygen atoms in total. The van der Waals surface area contributed by atoms with Crippen LogP contribution in [0.4, 0.5) is 0 Å². The summed E-state index contributed by atoms with van der Waals surface area (Å²) < 4.78 is 5.44. The van der Waals surface area contributed by atoms with E-state index in [1.807, 2.05) is 4.90 Å². The summed E-state index contributed by atoms with van der Waals surface area (Å²) in [5.74, 6) is 1.29. The van der Waals surface area contributed by atoms with Gasteiger partial charge in [-0.3, -0.25) is 9.69 Å². The van der Waals surface area contributed by atoms with Crippen LogP contribution in [-0.2, 0) is 16.1 Å². The first-order valence-electron chi connectivity index (χ1n) is 11.1. The van der Waals surface area contributed by atoms with Gasteiger partial charge in [-0.15, -0.1) is 11.3 Å². The van der Waals surface area contributed by atoms with Crippen molar-refractivity contribution in [3.8, 4) is 0 Å². The van der Waals surface area contributed by atoms with Crippen molar-refractivity contribution >= 4 is 34.6 Å². The summed E-state index contributed by atoms with van der Waals surface area (Å²) in [7, 11) is 0. The number of piperidine rings is 1. The third kappa shape index (κ3) is 7.48. The van der Waals surface area contributed by atoms with Crippen molar-refractivity contribution in [2.45, 2.75) is 33.2 Å². The minimum absolute atomic E-state index is 0.153. The minimum Gasteiger partial charge on any atom is -0.379 e. The number of thiophene rings is 1. The van der Waals surface area contributed by atoms with E-state index in [0.29, 0.717) is 16.9 Å². The summed E-state index contributed by atoms with van der Waals surface area (Å²) in [6, 6.07) is 4.22. The van der Waals surface area contributed by atoms with Gasteiger partial charge in [-0.05, 0) is 48.3 Å². The van der Waals surface area contributed by atoms with E-state index in [1.165, 1.54) is 11.3 Å². The molecule has 3 rings (SSSR count). The molecule has 8 heteroatoms. The Morgan fingerprint density at radius 1 is 1.30 bits per heavy atom. The molecular weight excluding hydrogens is 416 g/mol. The molecule has 2 aliphatic heterocycles. The number of hydrogen-bond donors (Lipinski definition) is 1. The van der Waals surface area contributed by atoms with Gasteiger partial charge in [0.05, 0.1) is 26.3 Å². The molecule has 0 saturated carbocycles. The van der Waals surface area contributed by atoms with Crippen LogP contribution in [0.5, 0.6) is 0 Å². The van der Waals surface area contributed by atoms with Crippen molar-refractivity contribution in [1.29, 1.82) is 0 Å². The minimum atomic E-state index is 0.153. The monoisotopic (exact) mass is 452 g/mol. The van der Waals surface area contributed by atoms with E-state index >= 15 is 0 Å². The maximum Gasteiger partial charge on any atom is 0.241 e. The summed E-state index contributed by atoms with van der Waals surface area (Å²) >= 11 is 7.45. The summed E-state index contributed by atoms with van der Waals surface area (Å²) in [6.07, 6.45) is 2.25. The van der Waals surface area contributed by atoms with Crippen LogP contribution in [0.1, 0.15) is 31.6 Å². The van der Waals surface area contributed by atoms with Crippen molar-refractivity contribution in [3.05, 3.63) is 22.4 Å². The first kappa shape index (κ1) is 23.4. The van der Waals surface area contributed by atoms with Crippen LogP contribution in [0.2, 0.25) is 0 Å². The lowest BCUT2D eigenvalue weighted by atomic mass is 9.92.